The minimum absolute atomic E-state index is 1.26. The highest BCUT2D eigenvalue weighted by molar-refractivity contribution is 5.87. The number of ether oxygens (including phenoxy) is 1. The molecule has 2 nitrogen and oxygen atoms in total. The lowest BCUT2D eigenvalue weighted by Gasteiger charge is -2.19. The summed E-state index contributed by atoms with van der Waals surface area (Å²) >= 11 is 0. The smallest absolute Gasteiger partial charge is 0.456 e. The summed E-state index contributed by atoms with van der Waals surface area (Å²) in [6.07, 6.45) is -12.7. The Kier molecular flexibility index (Phi) is 4.72. The molecule has 0 N–H and O–H groups in total. The number of hydrogen-bond acceptors (Lipinski definition) is 2. The van der Waals surface area contributed by atoms with E-state index in [2.05, 4.69) is 11.3 Å². The number of hydrogen-bond donors (Lipinski definition) is 0. The highest BCUT2D eigenvalue weighted by atomic mass is 19.4. The van der Waals surface area contributed by atoms with E-state index in [0.717, 1.165) is 0 Å². The van der Waals surface area contributed by atoms with E-state index in [4.69, 9.17) is 0 Å². The molecule has 0 aliphatic rings. The number of rotatable bonds is 4. The van der Waals surface area contributed by atoms with Crippen LogP contribution in [-0.4, -0.2) is 30.9 Å². The van der Waals surface area contributed by atoms with Crippen LogP contribution in [0, 0.1) is 0 Å². The number of esters is 1. The molecule has 0 rings (SSSR count). The van der Waals surface area contributed by atoms with E-state index in [1.807, 2.05) is 0 Å². The second-order valence-electron chi connectivity index (χ2n) is 3.17. The van der Waals surface area contributed by atoms with Gasteiger partial charge in [0.2, 0.25) is 0 Å². The van der Waals surface area contributed by atoms with Gasteiger partial charge in [-0.1, -0.05) is 6.58 Å². The Balaban J connectivity index is 4.41. The van der Waals surface area contributed by atoms with Gasteiger partial charge in [0, 0.05) is 5.57 Å². The van der Waals surface area contributed by atoms with E-state index in [1.165, 1.54) is 0 Å². The normalized spacial score (nSPS) is 13.3. The zero-order valence-corrected chi connectivity index (χ0v) is 8.46. The summed E-state index contributed by atoms with van der Waals surface area (Å²) in [5.41, 5.74) is -1.26. The van der Waals surface area contributed by atoms with Crippen LogP contribution in [0.4, 0.5) is 35.1 Å². The van der Waals surface area contributed by atoms with Gasteiger partial charge in [0.05, 0.1) is 6.42 Å². The summed E-state index contributed by atoms with van der Waals surface area (Å²) in [4.78, 5) is 10.7. The Morgan fingerprint density at radius 2 is 1.44 bits per heavy atom. The van der Waals surface area contributed by atoms with Crippen LogP contribution in [0.25, 0.3) is 0 Å². The summed E-state index contributed by atoms with van der Waals surface area (Å²) in [5.74, 6) is -7.29. The first-order valence-corrected chi connectivity index (χ1v) is 4.12. The summed E-state index contributed by atoms with van der Waals surface area (Å²) in [6.45, 7) is 0.186. The molecule has 0 spiro atoms. The van der Waals surface area contributed by atoms with Crippen LogP contribution >= 0.6 is 0 Å². The molecule has 0 aliphatic carbocycles. The van der Waals surface area contributed by atoms with Gasteiger partial charge < -0.3 is 4.74 Å². The van der Waals surface area contributed by atoms with E-state index in [1.54, 1.807) is 0 Å². The second-order valence-corrected chi connectivity index (χ2v) is 3.17. The first kappa shape index (κ1) is 16.6. The zero-order chi connectivity index (χ0) is 14.8. The van der Waals surface area contributed by atoms with Crippen molar-refractivity contribution < 1.29 is 44.7 Å². The highest BCUT2D eigenvalue weighted by Gasteiger charge is 2.58. The highest BCUT2D eigenvalue weighted by Crippen LogP contribution is 2.35. The topological polar surface area (TPSA) is 26.3 Å². The monoisotopic (exact) mass is 286 g/mol. The van der Waals surface area contributed by atoms with Gasteiger partial charge in [-0.15, -0.1) is 0 Å². The van der Waals surface area contributed by atoms with E-state index >= 15 is 0 Å². The minimum Gasteiger partial charge on any atom is -0.456 e. The van der Waals surface area contributed by atoms with E-state index in [-0.39, 0.29) is 0 Å². The van der Waals surface area contributed by atoms with Gasteiger partial charge in [-0.25, -0.2) is 4.79 Å². The standard InChI is InChI=1S/C8H6F8O2/c1-4(2-7(11,12)13)5(17)18-3-6(9,10)8(14,15)16/h1-3H2. The Bertz CT molecular complexity index is 327. The van der Waals surface area contributed by atoms with Crippen molar-refractivity contribution >= 4 is 5.97 Å². The molecule has 0 unspecified atom stereocenters. The molecular formula is C8H6F8O2. The van der Waals surface area contributed by atoms with E-state index in [0.29, 0.717) is 0 Å². The molecule has 0 aliphatic heterocycles. The number of carbonyl (C=O) groups excluding carboxylic acids is 1. The lowest BCUT2D eigenvalue weighted by molar-refractivity contribution is -0.293. The summed E-state index contributed by atoms with van der Waals surface area (Å²) in [7, 11) is 0. The van der Waals surface area contributed by atoms with Crippen LogP contribution in [0.5, 0.6) is 0 Å². The first-order valence-electron chi connectivity index (χ1n) is 4.12. The molecule has 18 heavy (non-hydrogen) atoms. The van der Waals surface area contributed by atoms with Gasteiger partial charge in [0.15, 0.2) is 6.61 Å². The predicted molar refractivity (Wildman–Crippen MR) is 41.8 cm³/mol. The van der Waals surface area contributed by atoms with Crippen LogP contribution in [0.2, 0.25) is 0 Å². The molecule has 0 saturated carbocycles. The maximum absolute atomic E-state index is 12.2. The van der Waals surface area contributed by atoms with Crippen LogP contribution in [0.1, 0.15) is 6.42 Å². The Hall–Kier alpha value is -1.35. The minimum atomic E-state index is -5.96. The largest absolute Gasteiger partial charge is 0.456 e. The van der Waals surface area contributed by atoms with Crippen molar-refractivity contribution in [2.45, 2.75) is 24.7 Å². The molecule has 0 bridgehead atoms. The second kappa shape index (κ2) is 5.11. The molecule has 0 radical (unpaired) electrons. The third-order valence-electron chi connectivity index (χ3n) is 1.50. The van der Waals surface area contributed by atoms with Crippen molar-refractivity contribution in [1.82, 2.24) is 0 Å². The van der Waals surface area contributed by atoms with Gasteiger partial charge >= 0.3 is 24.2 Å². The third-order valence-corrected chi connectivity index (χ3v) is 1.50. The summed E-state index contributed by atoms with van der Waals surface area (Å²) in [5, 5.41) is 0. The van der Waals surface area contributed by atoms with Crippen LogP contribution in [-0.2, 0) is 9.53 Å². The number of halogens is 8. The Morgan fingerprint density at radius 1 is 1.00 bits per heavy atom. The van der Waals surface area contributed by atoms with Crippen LogP contribution in [0.3, 0.4) is 0 Å². The molecule has 10 heteroatoms. The molecule has 0 aromatic rings. The molecule has 0 aromatic carbocycles. The van der Waals surface area contributed by atoms with E-state index in [9.17, 15) is 39.9 Å². The van der Waals surface area contributed by atoms with Crippen molar-refractivity contribution in [1.29, 1.82) is 0 Å². The average Bonchev–Trinajstić information content (AvgIpc) is 2.09. The fraction of sp³-hybridized carbons (Fsp3) is 0.625. The lowest BCUT2D eigenvalue weighted by Crippen LogP contribution is -2.41. The quantitative estimate of drug-likeness (QED) is 0.450. The van der Waals surface area contributed by atoms with Crippen molar-refractivity contribution in [3.8, 4) is 0 Å². The van der Waals surface area contributed by atoms with Gasteiger partial charge in [-0.3, -0.25) is 0 Å². The molecule has 0 amide bonds. The van der Waals surface area contributed by atoms with E-state index < -0.39 is 42.8 Å². The molecular weight excluding hydrogens is 280 g/mol. The van der Waals surface area contributed by atoms with Crippen molar-refractivity contribution in [3.63, 3.8) is 0 Å². The van der Waals surface area contributed by atoms with Gasteiger partial charge in [0.25, 0.3) is 0 Å². The predicted octanol–water partition coefficient (Wildman–Crippen LogP) is 3.24. The molecule has 0 heterocycles. The molecule has 0 saturated heterocycles. The van der Waals surface area contributed by atoms with Crippen molar-refractivity contribution in [2.24, 2.45) is 0 Å². The van der Waals surface area contributed by atoms with Gasteiger partial charge in [-0.05, 0) is 0 Å². The summed E-state index contributed by atoms with van der Waals surface area (Å²) in [6, 6.07) is 0. The van der Waals surface area contributed by atoms with Gasteiger partial charge in [0.1, 0.15) is 0 Å². The first-order chi connectivity index (χ1) is 7.76. The fourth-order valence-electron chi connectivity index (χ4n) is 0.654. The number of carbonyl (C=O) groups is 1. The molecule has 0 fully saturated rings. The third kappa shape index (κ3) is 5.32. The van der Waals surface area contributed by atoms with Crippen LogP contribution in [0.15, 0.2) is 12.2 Å². The summed E-state index contributed by atoms with van der Waals surface area (Å²) < 4.78 is 97.9. The maximum Gasteiger partial charge on any atom is 0.456 e. The lowest BCUT2D eigenvalue weighted by atomic mass is 10.2. The molecule has 106 valence electrons. The number of alkyl halides is 8. The Labute approximate surface area is 95.2 Å². The van der Waals surface area contributed by atoms with Crippen LogP contribution < -0.4 is 0 Å². The molecule has 0 atom stereocenters. The van der Waals surface area contributed by atoms with Gasteiger partial charge in [-0.2, -0.15) is 35.1 Å². The SMILES string of the molecule is C=C(CC(F)(F)F)C(=O)OCC(F)(F)C(F)(F)F. The Morgan fingerprint density at radius 3 is 1.78 bits per heavy atom. The average molecular weight is 286 g/mol. The fourth-order valence-corrected chi connectivity index (χ4v) is 0.654. The maximum atomic E-state index is 12.2. The molecule has 0 aromatic heterocycles. The zero-order valence-electron chi connectivity index (χ0n) is 8.46. The van der Waals surface area contributed by atoms with Crippen molar-refractivity contribution in [3.05, 3.63) is 12.2 Å². The van der Waals surface area contributed by atoms with Crippen molar-refractivity contribution in [2.75, 3.05) is 6.61 Å².